The van der Waals surface area contributed by atoms with E-state index in [4.69, 9.17) is 8.92 Å². The predicted molar refractivity (Wildman–Crippen MR) is 86.9 cm³/mol. The van der Waals surface area contributed by atoms with Crippen LogP contribution in [-0.4, -0.2) is 40.0 Å². The smallest absolute Gasteiger partial charge is 0.305 e. The normalized spacial score (nSPS) is 12.7. The van der Waals surface area contributed by atoms with Gasteiger partial charge in [-0.25, -0.2) is 0 Å². The summed E-state index contributed by atoms with van der Waals surface area (Å²) in [5.41, 5.74) is 1.02. The summed E-state index contributed by atoms with van der Waals surface area (Å²) in [6, 6.07) is 7.42. The first-order valence-electron chi connectivity index (χ1n) is 7.55. The summed E-state index contributed by atoms with van der Waals surface area (Å²) in [5, 5.41) is 0. The van der Waals surface area contributed by atoms with Crippen LogP contribution in [0.25, 0.3) is 0 Å². The Bertz CT molecular complexity index is 579. The first-order valence-corrected chi connectivity index (χ1v) is 9.13. The molecule has 0 aliphatic rings. The van der Waals surface area contributed by atoms with E-state index in [1.807, 2.05) is 24.3 Å². The van der Waals surface area contributed by atoms with Gasteiger partial charge in [-0.2, -0.15) is 8.42 Å². The van der Waals surface area contributed by atoms with Gasteiger partial charge in [-0.05, 0) is 38.0 Å². The first-order chi connectivity index (χ1) is 10.9. The van der Waals surface area contributed by atoms with E-state index in [-0.39, 0.29) is 11.7 Å². The fourth-order valence-corrected chi connectivity index (χ4v) is 2.54. The number of aryl methyl sites for hydroxylation is 1. The number of ether oxygens (including phenoxy) is 2. The molecule has 0 heterocycles. The molecule has 0 aliphatic heterocycles. The second-order valence-electron chi connectivity index (χ2n) is 5.11. The summed E-state index contributed by atoms with van der Waals surface area (Å²) in [6.45, 7) is 3.61. The van der Waals surface area contributed by atoms with Gasteiger partial charge in [-0.15, -0.1) is 0 Å². The summed E-state index contributed by atoms with van der Waals surface area (Å²) in [6.07, 6.45) is 1.02. The quantitative estimate of drug-likeness (QED) is 0.479. The van der Waals surface area contributed by atoms with Gasteiger partial charge in [-0.1, -0.05) is 12.1 Å². The van der Waals surface area contributed by atoms with Gasteiger partial charge >= 0.3 is 5.97 Å². The van der Waals surface area contributed by atoms with E-state index < -0.39 is 16.2 Å². The van der Waals surface area contributed by atoms with Gasteiger partial charge in [0.25, 0.3) is 10.1 Å². The minimum atomic E-state index is -3.43. The van der Waals surface area contributed by atoms with E-state index in [0.29, 0.717) is 31.6 Å². The fraction of sp³-hybridized carbons (Fsp3) is 0.562. The third kappa shape index (κ3) is 7.99. The lowest BCUT2D eigenvalue weighted by molar-refractivity contribution is -0.140. The molecule has 0 saturated carbocycles. The first kappa shape index (κ1) is 19.4. The highest BCUT2D eigenvalue weighted by atomic mass is 32.2. The highest BCUT2D eigenvalue weighted by Crippen LogP contribution is 2.14. The fourth-order valence-electron chi connectivity index (χ4n) is 1.81. The van der Waals surface area contributed by atoms with Crippen molar-refractivity contribution in [1.82, 2.24) is 0 Å². The zero-order valence-corrected chi connectivity index (χ0v) is 14.6. The second kappa shape index (κ2) is 9.52. The second-order valence-corrected chi connectivity index (χ2v) is 7.00. The van der Waals surface area contributed by atoms with Crippen molar-refractivity contribution in [3.8, 4) is 5.75 Å². The summed E-state index contributed by atoms with van der Waals surface area (Å²) in [7, 11) is -2.06. The third-order valence-corrected chi connectivity index (χ3v) is 4.56. The molecule has 23 heavy (non-hydrogen) atoms. The van der Waals surface area contributed by atoms with E-state index in [1.54, 1.807) is 13.8 Å². The Balaban J connectivity index is 2.34. The highest BCUT2D eigenvalue weighted by molar-refractivity contribution is 7.86. The van der Waals surface area contributed by atoms with Crippen LogP contribution in [0.2, 0.25) is 0 Å². The average Bonchev–Trinajstić information content (AvgIpc) is 2.53. The lowest BCUT2D eigenvalue weighted by Gasteiger charge is -2.13. The highest BCUT2D eigenvalue weighted by Gasteiger charge is 2.13. The van der Waals surface area contributed by atoms with Crippen molar-refractivity contribution < 1.29 is 26.9 Å². The Morgan fingerprint density at radius 1 is 1.22 bits per heavy atom. The van der Waals surface area contributed by atoms with E-state index in [2.05, 4.69) is 4.74 Å². The molecule has 1 unspecified atom stereocenters. The number of hydrogen-bond acceptors (Lipinski definition) is 6. The van der Waals surface area contributed by atoms with E-state index in [0.717, 1.165) is 5.56 Å². The zero-order chi connectivity index (χ0) is 17.3. The van der Waals surface area contributed by atoms with E-state index in [1.165, 1.54) is 7.11 Å². The molecule has 0 saturated heterocycles. The van der Waals surface area contributed by atoms with Crippen LogP contribution in [0.15, 0.2) is 24.3 Å². The maximum absolute atomic E-state index is 11.3. The molecule has 0 bridgehead atoms. The van der Waals surface area contributed by atoms with Crippen molar-refractivity contribution >= 4 is 16.1 Å². The monoisotopic (exact) mass is 344 g/mol. The largest absolute Gasteiger partial charge is 0.493 e. The van der Waals surface area contributed by atoms with Crippen molar-refractivity contribution in [3.63, 3.8) is 0 Å². The Morgan fingerprint density at radius 3 is 2.43 bits per heavy atom. The average molecular weight is 344 g/mol. The van der Waals surface area contributed by atoms with Crippen LogP contribution in [-0.2, 0) is 30.3 Å². The van der Waals surface area contributed by atoms with Crippen LogP contribution in [0.4, 0.5) is 0 Å². The molecule has 1 aromatic rings. The van der Waals surface area contributed by atoms with Crippen LogP contribution in [0, 0.1) is 0 Å². The van der Waals surface area contributed by atoms with Gasteiger partial charge < -0.3 is 9.47 Å². The van der Waals surface area contributed by atoms with Gasteiger partial charge in [0.05, 0.1) is 25.6 Å². The minimum Gasteiger partial charge on any atom is -0.493 e. The SMILES string of the molecule is CCS(=O)(=O)OC(C)CCOc1ccc(CCC(=O)OC)cc1. The minimum absolute atomic E-state index is 0.0365. The molecular weight excluding hydrogens is 320 g/mol. The topological polar surface area (TPSA) is 78.9 Å². The number of methoxy groups -OCH3 is 1. The number of hydrogen-bond donors (Lipinski definition) is 0. The molecule has 0 amide bonds. The van der Waals surface area contributed by atoms with Crippen LogP contribution in [0.3, 0.4) is 0 Å². The lowest BCUT2D eigenvalue weighted by atomic mass is 10.1. The maximum atomic E-state index is 11.3. The standard InChI is InChI=1S/C16H24O6S/c1-4-23(18,19)22-13(2)11-12-21-15-8-5-14(6-9-15)7-10-16(17)20-3/h5-6,8-9,13H,4,7,10-12H2,1-3H3. The van der Waals surface area contributed by atoms with Crippen LogP contribution >= 0.6 is 0 Å². The van der Waals surface area contributed by atoms with Crippen molar-refractivity contribution in [3.05, 3.63) is 29.8 Å². The van der Waals surface area contributed by atoms with Gasteiger partial charge in [0, 0.05) is 12.8 Å². The lowest BCUT2D eigenvalue weighted by Crippen LogP contribution is -2.19. The molecule has 0 fully saturated rings. The Hall–Kier alpha value is -1.60. The summed E-state index contributed by atoms with van der Waals surface area (Å²) in [4.78, 5) is 11.1. The van der Waals surface area contributed by atoms with Crippen molar-refractivity contribution in [2.45, 2.75) is 39.2 Å². The molecule has 0 spiro atoms. The van der Waals surface area contributed by atoms with E-state index in [9.17, 15) is 13.2 Å². The number of rotatable bonds is 10. The molecule has 0 aliphatic carbocycles. The van der Waals surface area contributed by atoms with Crippen LogP contribution in [0.5, 0.6) is 5.75 Å². The summed E-state index contributed by atoms with van der Waals surface area (Å²) < 4.78 is 37.7. The number of benzene rings is 1. The number of esters is 1. The third-order valence-electron chi connectivity index (χ3n) is 3.23. The summed E-state index contributed by atoms with van der Waals surface area (Å²) >= 11 is 0. The zero-order valence-electron chi connectivity index (χ0n) is 13.8. The van der Waals surface area contributed by atoms with Crippen molar-refractivity contribution in [2.24, 2.45) is 0 Å². The van der Waals surface area contributed by atoms with Gasteiger partial charge in [0.2, 0.25) is 0 Å². The van der Waals surface area contributed by atoms with Gasteiger partial charge in [0.15, 0.2) is 0 Å². The van der Waals surface area contributed by atoms with Crippen molar-refractivity contribution in [2.75, 3.05) is 19.5 Å². The molecule has 0 N–H and O–H groups in total. The Morgan fingerprint density at radius 2 is 1.87 bits per heavy atom. The Kier molecular flexibility index (Phi) is 8.05. The molecule has 1 aromatic carbocycles. The molecular formula is C16H24O6S. The maximum Gasteiger partial charge on any atom is 0.305 e. The van der Waals surface area contributed by atoms with Crippen molar-refractivity contribution in [1.29, 1.82) is 0 Å². The van der Waals surface area contributed by atoms with Gasteiger partial charge in [-0.3, -0.25) is 8.98 Å². The molecule has 1 rings (SSSR count). The Labute approximate surface area is 137 Å². The van der Waals surface area contributed by atoms with E-state index >= 15 is 0 Å². The van der Waals surface area contributed by atoms with Crippen LogP contribution in [0.1, 0.15) is 32.3 Å². The molecule has 130 valence electrons. The number of carbonyl (C=O) groups is 1. The molecule has 0 aromatic heterocycles. The molecule has 7 heteroatoms. The van der Waals surface area contributed by atoms with Crippen LogP contribution < -0.4 is 4.74 Å². The number of carbonyl (C=O) groups excluding carboxylic acids is 1. The summed E-state index contributed by atoms with van der Waals surface area (Å²) in [5.74, 6) is 0.421. The van der Waals surface area contributed by atoms with Gasteiger partial charge in [0.1, 0.15) is 5.75 Å². The molecule has 0 radical (unpaired) electrons. The molecule has 1 atom stereocenters. The molecule has 6 nitrogen and oxygen atoms in total. The predicted octanol–water partition coefficient (Wildman–Crippen LogP) is 2.32.